The van der Waals surface area contributed by atoms with Crippen molar-refractivity contribution in [3.63, 3.8) is 0 Å². The molecule has 0 aliphatic carbocycles. The number of fused-ring (bicyclic) bond motifs is 1. The molecule has 8 nitrogen and oxygen atoms in total. The van der Waals surface area contributed by atoms with Crippen molar-refractivity contribution < 1.29 is 9.47 Å². The van der Waals surface area contributed by atoms with Gasteiger partial charge in [0.25, 0.3) is 5.56 Å². The number of ether oxygens (including phenoxy) is 2. The number of aromatic nitrogens is 4. The van der Waals surface area contributed by atoms with Gasteiger partial charge in [0.05, 0.1) is 31.1 Å². The van der Waals surface area contributed by atoms with Crippen LogP contribution in [0.4, 0.5) is 11.9 Å². The van der Waals surface area contributed by atoms with E-state index in [0.29, 0.717) is 39.0 Å². The molecule has 0 saturated heterocycles. The molecule has 0 amide bonds. The molecular formula is C26H20ClN5O3. The van der Waals surface area contributed by atoms with Crippen LogP contribution >= 0.6 is 11.6 Å². The van der Waals surface area contributed by atoms with E-state index in [1.165, 1.54) is 6.07 Å². The van der Waals surface area contributed by atoms with Crippen molar-refractivity contribution in [3.05, 3.63) is 88.2 Å². The molecule has 0 saturated carbocycles. The van der Waals surface area contributed by atoms with Crippen molar-refractivity contribution >= 4 is 34.4 Å². The molecule has 5 rings (SSSR count). The quantitative estimate of drug-likeness (QED) is 0.329. The normalized spacial score (nSPS) is 10.8. The number of nitrogens with zero attached hydrogens (tertiary/aromatic N) is 3. The second-order valence-electron chi connectivity index (χ2n) is 7.60. The van der Waals surface area contributed by atoms with Crippen LogP contribution in [-0.4, -0.2) is 34.2 Å². The first-order valence-corrected chi connectivity index (χ1v) is 11.1. The molecule has 0 aliphatic rings. The third kappa shape index (κ3) is 4.64. The average molecular weight is 486 g/mol. The molecule has 35 heavy (non-hydrogen) atoms. The van der Waals surface area contributed by atoms with Crippen molar-refractivity contribution in [1.29, 1.82) is 0 Å². The molecule has 2 heterocycles. The summed E-state index contributed by atoms with van der Waals surface area (Å²) in [7, 11) is 3.11. The molecule has 0 bridgehead atoms. The highest BCUT2D eigenvalue weighted by molar-refractivity contribution is 6.31. The van der Waals surface area contributed by atoms with E-state index in [4.69, 9.17) is 26.1 Å². The molecule has 0 atom stereocenters. The Labute approximate surface area is 205 Å². The van der Waals surface area contributed by atoms with E-state index < -0.39 is 0 Å². The molecule has 0 unspecified atom stereocenters. The van der Waals surface area contributed by atoms with Gasteiger partial charge in [0, 0.05) is 27.6 Å². The highest BCUT2D eigenvalue weighted by Crippen LogP contribution is 2.32. The average Bonchev–Trinajstić information content (AvgIpc) is 2.88. The van der Waals surface area contributed by atoms with Crippen LogP contribution in [-0.2, 0) is 0 Å². The second-order valence-corrected chi connectivity index (χ2v) is 8.03. The van der Waals surface area contributed by atoms with E-state index in [1.807, 2.05) is 42.5 Å². The summed E-state index contributed by atoms with van der Waals surface area (Å²) in [5.41, 5.74) is 3.13. The first-order chi connectivity index (χ1) is 17.0. The maximum Gasteiger partial charge on any atom is 0.252 e. The smallest absolute Gasteiger partial charge is 0.252 e. The highest BCUT2D eigenvalue weighted by Gasteiger charge is 2.13. The predicted octanol–water partition coefficient (Wildman–Crippen LogP) is 5.46. The topological polar surface area (TPSA) is 102 Å². The van der Waals surface area contributed by atoms with Crippen LogP contribution in [0.3, 0.4) is 0 Å². The van der Waals surface area contributed by atoms with Gasteiger partial charge in [-0.2, -0.15) is 0 Å². The molecule has 174 valence electrons. The maximum absolute atomic E-state index is 12.4. The molecule has 0 spiro atoms. The van der Waals surface area contributed by atoms with Crippen LogP contribution in [0.25, 0.3) is 33.4 Å². The van der Waals surface area contributed by atoms with Crippen molar-refractivity contribution in [3.8, 4) is 34.0 Å². The standard InChI is InChI=1S/C26H20ClN5O3/c1-34-21-11-8-16(12-22(21)35-2)20-14-23(33)30-25(29-20)32-26-28-19-10-9-17(27)13-18(19)24(31-26)15-6-4-3-5-7-15/h3-14H,1-2H3,(H2,28,29,30,31,32,33). The molecular weight excluding hydrogens is 466 g/mol. The zero-order valence-corrected chi connectivity index (χ0v) is 19.6. The zero-order valence-electron chi connectivity index (χ0n) is 18.9. The van der Waals surface area contributed by atoms with Crippen molar-refractivity contribution in [1.82, 2.24) is 19.9 Å². The Morgan fingerprint density at radius 1 is 0.829 bits per heavy atom. The SMILES string of the molecule is COc1ccc(-c2cc(=O)[nH]c(Nc3nc(-c4ccccc4)c4cc(Cl)ccc4n3)n2)cc1OC. The van der Waals surface area contributed by atoms with E-state index in [-0.39, 0.29) is 17.5 Å². The predicted molar refractivity (Wildman–Crippen MR) is 137 cm³/mol. The number of H-pyrrole nitrogens is 1. The van der Waals surface area contributed by atoms with Crippen LogP contribution < -0.4 is 20.3 Å². The first-order valence-electron chi connectivity index (χ1n) is 10.7. The lowest BCUT2D eigenvalue weighted by Gasteiger charge is -2.12. The highest BCUT2D eigenvalue weighted by atomic mass is 35.5. The molecule has 0 fully saturated rings. The van der Waals surface area contributed by atoms with Gasteiger partial charge in [0.15, 0.2) is 11.5 Å². The summed E-state index contributed by atoms with van der Waals surface area (Å²) in [5.74, 6) is 1.60. The van der Waals surface area contributed by atoms with Crippen LogP contribution in [0.2, 0.25) is 5.02 Å². The summed E-state index contributed by atoms with van der Waals surface area (Å²) < 4.78 is 10.7. The third-order valence-corrected chi connectivity index (χ3v) is 5.59. The van der Waals surface area contributed by atoms with Gasteiger partial charge in [-0.3, -0.25) is 15.1 Å². The number of aromatic amines is 1. The number of hydrogen-bond donors (Lipinski definition) is 2. The van der Waals surface area contributed by atoms with Crippen molar-refractivity contribution in [2.24, 2.45) is 0 Å². The minimum atomic E-state index is -0.330. The Morgan fingerprint density at radius 2 is 1.63 bits per heavy atom. The summed E-state index contributed by atoms with van der Waals surface area (Å²) in [5, 5.41) is 4.45. The van der Waals surface area contributed by atoms with E-state index in [1.54, 1.807) is 38.5 Å². The second kappa shape index (κ2) is 9.44. The Hall–Kier alpha value is -4.43. The Balaban J connectivity index is 1.58. The van der Waals surface area contributed by atoms with E-state index in [9.17, 15) is 4.79 Å². The number of anilines is 2. The summed E-state index contributed by atoms with van der Waals surface area (Å²) >= 11 is 6.24. The van der Waals surface area contributed by atoms with Crippen LogP contribution in [0.1, 0.15) is 0 Å². The van der Waals surface area contributed by atoms with Gasteiger partial charge in [-0.15, -0.1) is 0 Å². The lowest BCUT2D eigenvalue weighted by molar-refractivity contribution is 0.355. The summed E-state index contributed by atoms with van der Waals surface area (Å²) in [6.45, 7) is 0. The zero-order chi connectivity index (χ0) is 24.4. The summed E-state index contributed by atoms with van der Waals surface area (Å²) in [4.78, 5) is 29.0. The van der Waals surface area contributed by atoms with E-state index in [0.717, 1.165) is 10.9 Å². The molecule has 0 radical (unpaired) electrons. The van der Waals surface area contributed by atoms with E-state index >= 15 is 0 Å². The molecule has 2 aromatic heterocycles. The third-order valence-electron chi connectivity index (χ3n) is 5.36. The van der Waals surface area contributed by atoms with Gasteiger partial charge in [-0.1, -0.05) is 41.9 Å². The lowest BCUT2D eigenvalue weighted by atomic mass is 10.1. The van der Waals surface area contributed by atoms with Crippen LogP contribution in [0.15, 0.2) is 77.6 Å². The molecule has 0 aliphatic heterocycles. The number of hydrogen-bond acceptors (Lipinski definition) is 7. The summed E-state index contributed by atoms with van der Waals surface area (Å²) in [6, 6.07) is 21.9. The number of methoxy groups -OCH3 is 2. The fourth-order valence-corrected chi connectivity index (χ4v) is 3.91. The van der Waals surface area contributed by atoms with Crippen molar-refractivity contribution in [2.75, 3.05) is 19.5 Å². The van der Waals surface area contributed by atoms with Gasteiger partial charge < -0.3 is 9.47 Å². The van der Waals surface area contributed by atoms with Gasteiger partial charge in [0.2, 0.25) is 11.9 Å². The first kappa shape index (κ1) is 22.4. The largest absolute Gasteiger partial charge is 0.493 e. The number of rotatable bonds is 6. The Bertz CT molecular complexity index is 1590. The molecule has 3 aromatic carbocycles. The van der Waals surface area contributed by atoms with Gasteiger partial charge >= 0.3 is 0 Å². The number of nitrogens with one attached hydrogen (secondary N) is 2. The van der Waals surface area contributed by atoms with Crippen LogP contribution in [0.5, 0.6) is 11.5 Å². The monoisotopic (exact) mass is 485 g/mol. The fourth-order valence-electron chi connectivity index (χ4n) is 3.74. The molecule has 5 aromatic rings. The molecule has 2 N–H and O–H groups in total. The molecule has 9 heteroatoms. The minimum Gasteiger partial charge on any atom is -0.493 e. The Kier molecular flexibility index (Phi) is 6.03. The minimum absolute atomic E-state index is 0.203. The number of benzene rings is 3. The maximum atomic E-state index is 12.4. The number of halogens is 1. The summed E-state index contributed by atoms with van der Waals surface area (Å²) in [6.07, 6.45) is 0. The van der Waals surface area contributed by atoms with E-state index in [2.05, 4.69) is 20.3 Å². The van der Waals surface area contributed by atoms with Gasteiger partial charge in [-0.25, -0.2) is 15.0 Å². The van der Waals surface area contributed by atoms with Gasteiger partial charge in [0.1, 0.15) is 0 Å². The van der Waals surface area contributed by atoms with Crippen LogP contribution in [0, 0.1) is 0 Å². The Morgan fingerprint density at radius 3 is 2.40 bits per heavy atom. The fraction of sp³-hybridized carbons (Fsp3) is 0.0769. The van der Waals surface area contributed by atoms with Crippen molar-refractivity contribution in [2.45, 2.75) is 0 Å². The lowest BCUT2D eigenvalue weighted by Crippen LogP contribution is -2.12. The van der Waals surface area contributed by atoms with Gasteiger partial charge in [-0.05, 0) is 36.4 Å².